The number of aromatic nitrogens is 1. The van der Waals surface area contributed by atoms with Crippen molar-refractivity contribution in [3.8, 4) is 0 Å². The first kappa shape index (κ1) is 10.2. The summed E-state index contributed by atoms with van der Waals surface area (Å²) in [4.78, 5) is 10.8. The van der Waals surface area contributed by atoms with Crippen molar-refractivity contribution in [3.63, 3.8) is 0 Å². The van der Waals surface area contributed by atoms with E-state index in [1.165, 1.54) is 0 Å². The Bertz CT molecular complexity index is 386. The van der Waals surface area contributed by atoms with Crippen LogP contribution in [0.3, 0.4) is 0 Å². The van der Waals surface area contributed by atoms with Gasteiger partial charge in [-0.05, 0) is 26.7 Å². The van der Waals surface area contributed by atoms with Crippen LogP contribution in [0.4, 0.5) is 0 Å². The first-order valence-corrected chi connectivity index (χ1v) is 4.83. The Morgan fingerprint density at radius 2 is 2.13 bits per heavy atom. The largest absolute Gasteiger partial charge is 0.479 e. The Morgan fingerprint density at radius 3 is 2.47 bits per heavy atom. The molecule has 5 nitrogen and oxygen atoms in total. The van der Waals surface area contributed by atoms with E-state index in [2.05, 4.69) is 5.16 Å². The number of hydrogen-bond donors (Lipinski definition) is 2. The van der Waals surface area contributed by atoms with E-state index in [9.17, 15) is 9.90 Å². The lowest BCUT2D eigenvalue weighted by Crippen LogP contribution is -2.34. The van der Waals surface area contributed by atoms with Gasteiger partial charge >= 0.3 is 5.97 Å². The van der Waals surface area contributed by atoms with Gasteiger partial charge in [-0.3, -0.25) is 0 Å². The maximum atomic E-state index is 10.8. The van der Waals surface area contributed by atoms with Crippen molar-refractivity contribution >= 4 is 5.97 Å². The monoisotopic (exact) mass is 211 g/mol. The van der Waals surface area contributed by atoms with Crippen molar-refractivity contribution in [2.24, 2.45) is 0 Å². The zero-order chi connectivity index (χ0) is 11.2. The van der Waals surface area contributed by atoms with Crippen LogP contribution in [0.25, 0.3) is 0 Å². The molecule has 0 aromatic carbocycles. The third-order valence-corrected chi connectivity index (χ3v) is 3.08. The molecular formula is C10H13NO4. The van der Waals surface area contributed by atoms with E-state index in [0.29, 0.717) is 24.3 Å². The van der Waals surface area contributed by atoms with Gasteiger partial charge in [0.1, 0.15) is 5.76 Å². The fraction of sp³-hybridized carbons (Fsp3) is 0.600. The molecule has 0 radical (unpaired) electrons. The highest BCUT2D eigenvalue weighted by Crippen LogP contribution is 2.53. The van der Waals surface area contributed by atoms with Crippen LogP contribution in [0.5, 0.6) is 0 Å². The van der Waals surface area contributed by atoms with Gasteiger partial charge in [0.05, 0.1) is 5.69 Å². The predicted octanol–water partition coefficient (Wildman–Crippen LogP) is 0.769. The molecule has 82 valence electrons. The number of carboxylic acids is 1. The molecule has 0 aliphatic heterocycles. The molecule has 1 unspecified atom stereocenters. The zero-order valence-electron chi connectivity index (χ0n) is 8.65. The summed E-state index contributed by atoms with van der Waals surface area (Å²) < 4.78 is 5.00. The number of aliphatic hydroxyl groups is 1. The number of aryl methyl sites for hydroxylation is 2. The normalized spacial score (nSPS) is 19.9. The van der Waals surface area contributed by atoms with Crippen LogP contribution in [-0.4, -0.2) is 27.4 Å². The van der Waals surface area contributed by atoms with Gasteiger partial charge in [0, 0.05) is 11.0 Å². The summed E-state index contributed by atoms with van der Waals surface area (Å²) in [6.07, 6.45) is -0.0264. The molecule has 0 bridgehead atoms. The van der Waals surface area contributed by atoms with Gasteiger partial charge in [0.25, 0.3) is 0 Å². The Morgan fingerprint density at radius 1 is 1.53 bits per heavy atom. The van der Waals surface area contributed by atoms with Gasteiger partial charge in [-0.15, -0.1) is 0 Å². The minimum Gasteiger partial charge on any atom is -0.479 e. The minimum absolute atomic E-state index is 0.602. The van der Waals surface area contributed by atoms with Crippen molar-refractivity contribution < 1.29 is 19.5 Å². The van der Waals surface area contributed by atoms with E-state index in [1.54, 1.807) is 13.8 Å². The summed E-state index contributed by atoms with van der Waals surface area (Å²) in [7, 11) is 0. The van der Waals surface area contributed by atoms with Crippen LogP contribution in [0.2, 0.25) is 0 Å². The van der Waals surface area contributed by atoms with Gasteiger partial charge in [-0.1, -0.05) is 5.16 Å². The number of hydrogen-bond acceptors (Lipinski definition) is 4. The summed E-state index contributed by atoms with van der Waals surface area (Å²) >= 11 is 0. The number of nitrogens with zero attached hydrogens (tertiary/aromatic N) is 1. The minimum atomic E-state index is -1.37. The van der Waals surface area contributed by atoms with Crippen LogP contribution < -0.4 is 0 Å². The quantitative estimate of drug-likeness (QED) is 0.771. The third-order valence-electron chi connectivity index (χ3n) is 3.08. The Hall–Kier alpha value is -1.36. The molecule has 5 heteroatoms. The summed E-state index contributed by atoms with van der Waals surface area (Å²) in [5.74, 6) is -0.585. The highest BCUT2D eigenvalue weighted by molar-refractivity contribution is 5.76. The number of carboxylic acid groups (broad SMARTS) is 1. The number of carbonyl (C=O) groups is 1. The molecule has 2 N–H and O–H groups in total. The molecule has 1 aliphatic rings. The van der Waals surface area contributed by atoms with Crippen LogP contribution in [0, 0.1) is 13.8 Å². The highest BCUT2D eigenvalue weighted by Gasteiger charge is 2.56. The lowest BCUT2D eigenvalue weighted by atomic mass is 9.88. The first-order chi connectivity index (χ1) is 6.99. The maximum absolute atomic E-state index is 10.8. The standard InChI is InChI=1S/C10H13NO4/c1-5-7(6(2)15-11-5)10(3-4-10)8(12)9(13)14/h8,12H,3-4H2,1-2H3,(H,13,14). The summed E-state index contributed by atoms with van der Waals surface area (Å²) in [6.45, 7) is 3.50. The van der Waals surface area contributed by atoms with Crippen LogP contribution >= 0.6 is 0 Å². The molecule has 1 fully saturated rings. The van der Waals surface area contributed by atoms with Crippen LogP contribution in [0.1, 0.15) is 29.9 Å². The van der Waals surface area contributed by atoms with E-state index in [4.69, 9.17) is 9.63 Å². The molecule has 0 saturated heterocycles. The molecule has 0 spiro atoms. The molecular weight excluding hydrogens is 198 g/mol. The van der Waals surface area contributed by atoms with E-state index in [1.807, 2.05) is 0 Å². The van der Waals surface area contributed by atoms with Crippen molar-refractivity contribution in [1.29, 1.82) is 0 Å². The second-order valence-electron chi connectivity index (χ2n) is 4.10. The van der Waals surface area contributed by atoms with E-state index < -0.39 is 17.5 Å². The average molecular weight is 211 g/mol. The van der Waals surface area contributed by atoms with Gasteiger partial charge in [0.2, 0.25) is 0 Å². The molecule has 1 aromatic rings. The number of aliphatic hydroxyl groups excluding tert-OH is 1. The second kappa shape index (κ2) is 3.06. The van der Waals surface area contributed by atoms with Crippen LogP contribution in [-0.2, 0) is 10.2 Å². The Kier molecular flexibility index (Phi) is 2.08. The van der Waals surface area contributed by atoms with Gasteiger partial charge in [-0.2, -0.15) is 0 Å². The van der Waals surface area contributed by atoms with Crippen LogP contribution in [0.15, 0.2) is 4.52 Å². The van der Waals surface area contributed by atoms with E-state index in [0.717, 1.165) is 5.56 Å². The molecule has 0 amide bonds. The third kappa shape index (κ3) is 1.34. The molecule has 1 saturated carbocycles. The number of rotatable bonds is 3. The van der Waals surface area contributed by atoms with Crippen molar-refractivity contribution in [1.82, 2.24) is 5.16 Å². The molecule has 1 aromatic heterocycles. The highest BCUT2D eigenvalue weighted by atomic mass is 16.5. The predicted molar refractivity (Wildman–Crippen MR) is 50.5 cm³/mol. The fourth-order valence-corrected chi connectivity index (χ4v) is 2.23. The van der Waals surface area contributed by atoms with E-state index in [-0.39, 0.29) is 0 Å². The summed E-state index contributed by atoms with van der Waals surface area (Å²) in [5, 5.41) is 22.3. The summed E-state index contributed by atoms with van der Waals surface area (Å²) in [6, 6.07) is 0. The Balaban J connectivity index is 2.43. The lowest BCUT2D eigenvalue weighted by molar-refractivity contribution is -0.148. The first-order valence-electron chi connectivity index (χ1n) is 4.83. The fourth-order valence-electron chi connectivity index (χ4n) is 2.23. The van der Waals surface area contributed by atoms with Crippen molar-refractivity contribution in [3.05, 3.63) is 17.0 Å². The van der Waals surface area contributed by atoms with Crippen molar-refractivity contribution in [2.45, 2.75) is 38.2 Å². The topological polar surface area (TPSA) is 83.6 Å². The molecule has 2 rings (SSSR count). The lowest BCUT2D eigenvalue weighted by Gasteiger charge is -2.18. The molecule has 1 aliphatic carbocycles. The second-order valence-corrected chi connectivity index (χ2v) is 4.10. The van der Waals surface area contributed by atoms with Gasteiger partial charge in [0.15, 0.2) is 6.10 Å². The Labute approximate surface area is 86.7 Å². The van der Waals surface area contributed by atoms with Crippen molar-refractivity contribution in [2.75, 3.05) is 0 Å². The maximum Gasteiger partial charge on any atom is 0.333 e. The molecule has 15 heavy (non-hydrogen) atoms. The summed E-state index contributed by atoms with van der Waals surface area (Å²) in [5.41, 5.74) is 0.766. The number of aliphatic carboxylic acids is 1. The smallest absolute Gasteiger partial charge is 0.333 e. The average Bonchev–Trinajstić information content (AvgIpc) is 2.89. The van der Waals surface area contributed by atoms with E-state index >= 15 is 0 Å². The van der Waals surface area contributed by atoms with Gasteiger partial charge < -0.3 is 14.7 Å². The molecule has 1 atom stereocenters. The zero-order valence-corrected chi connectivity index (χ0v) is 8.65. The molecule has 1 heterocycles. The van der Waals surface area contributed by atoms with Gasteiger partial charge in [-0.25, -0.2) is 4.79 Å². The SMILES string of the molecule is Cc1noc(C)c1C1(C(O)C(=O)O)CC1.